The monoisotopic (exact) mass is 334 g/mol. The highest BCUT2D eigenvalue weighted by Gasteiger charge is 2.24. The molecule has 1 amide bonds. The Morgan fingerprint density at radius 1 is 1.33 bits per heavy atom. The van der Waals surface area contributed by atoms with Crippen LogP contribution in [0.15, 0.2) is 34.6 Å². The maximum Gasteiger partial charge on any atom is 0.251 e. The molecule has 1 aliphatic rings. The van der Waals surface area contributed by atoms with Gasteiger partial charge in [-0.25, -0.2) is 26.4 Å². The van der Waals surface area contributed by atoms with Crippen molar-refractivity contribution in [2.24, 2.45) is 5.14 Å². The molecule has 1 atom stereocenters. The summed E-state index contributed by atoms with van der Waals surface area (Å²) in [5.41, 5.74) is -0.267. The molecule has 1 aromatic carbocycles. The minimum Gasteiger partial charge on any atom is -0.345 e. The lowest BCUT2D eigenvalue weighted by Crippen LogP contribution is -2.35. The van der Waals surface area contributed by atoms with E-state index in [1.807, 2.05) is 0 Å². The van der Waals surface area contributed by atoms with E-state index >= 15 is 0 Å². The summed E-state index contributed by atoms with van der Waals surface area (Å²) in [5, 5.41) is 8.20. The third-order valence-corrected chi connectivity index (χ3v) is 5.00. The summed E-state index contributed by atoms with van der Waals surface area (Å²) in [4.78, 5) is 11.4. The van der Waals surface area contributed by atoms with Gasteiger partial charge in [0.25, 0.3) is 5.91 Å². The van der Waals surface area contributed by atoms with Crippen molar-refractivity contribution in [3.05, 3.63) is 41.1 Å². The Morgan fingerprint density at radius 3 is 2.52 bits per heavy atom. The Hall–Kier alpha value is -1.78. The molecule has 21 heavy (non-hydrogen) atoms. The van der Waals surface area contributed by atoms with E-state index in [9.17, 15) is 26.0 Å². The van der Waals surface area contributed by atoms with Gasteiger partial charge in [0.05, 0.1) is 16.7 Å². The van der Waals surface area contributed by atoms with Crippen LogP contribution in [0.2, 0.25) is 0 Å². The van der Waals surface area contributed by atoms with Gasteiger partial charge in [-0.2, -0.15) is 0 Å². The maximum absolute atomic E-state index is 13.3. The number of sulfone groups is 1. The average Bonchev–Trinajstić information content (AvgIpc) is 2.66. The van der Waals surface area contributed by atoms with Crippen LogP contribution >= 0.6 is 0 Å². The van der Waals surface area contributed by atoms with Crippen molar-refractivity contribution >= 4 is 25.8 Å². The lowest BCUT2D eigenvalue weighted by atomic mass is 10.2. The molecule has 0 saturated heterocycles. The van der Waals surface area contributed by atoms with Crippen molar-refractivity contribution in [2.75, 3.05) is 5.75 Å². The van der Waals surface area contributed by atoms with Gasteiger partial charge >= 0.3 is 0 Å². The van der Waals surface area contributed by atoms with Crippen molar-refractivity contribution in [3.8, 4) is 0 Å². The average molecular weight is 334 g/mol. The van der Waals surface area contributed by atoms with E-state index in [0.717, 1.165) is 17.5 Å². The predicted octanol–water partition coefficient (Wildman–Crippen LogP) is -0.486. The summed E-state index contributed by atoms with van der Waals surface area (Å²) in [7, 11) is -7.51. The van der Waals surface area contributed by atoms with Gasteiger partial charge in [-0.1, -0.05) is 0 Å². The van der Waals surface area contributed by atoms with Crippen LogP contribution < -0.4 is 10.5 Å². The van der Waals surface area contributed by atoms with Crippen LogP contribution in [-0.4, -0.2) is 34.5 Å². The molecule has 0 spiro atoms. The fourth-order valence-electron chi connectivity index (χ4n) is 1.78. The molecule has 0 aromatic heterocycles. The molecule has 3 N–H and O–H groups in total. The summed E-state index contributed by atoms with van der Waals surface area (Å²) in [5.74, 6) is -2.04. The molecular formula is C11H11FN2O5S2. The van der Waals surface area contributed by atoms with Gasteiger partial charge in [-0.05, 0) is 24.3 Å². The zero-order valence-corrected chi connectivity index (χ0v) is 12.1. The Balaban J connectivity index is 2.25. The van der Waals surface area contributed by atoms with Crippen LogP contribution in [0, 0.1) is 5.82 Å². The number of halogens is 1. The molecule has 7 nitrogen and oxygen atoms in total. The van der Waals surface area contributed by atoms with E-state index in [-0.39, 0.29) is 11.3 Å². The van der Waals surface area contributed by atoms with Gasteiger partial charge in [0.2, 0.25) is 10.0 Å². The largest absolute Gasteiger partial charge is 0.345 e. The Kier molecular flexibility index (Phi) is 3.87. The van der Waals surface area contributed by atoms with E-state index in [1.54, 1.807) is 0 Å². The SMILES string of the molecule is NS(=O)(=O)c1cc(F)cc(C(=O)NC2C=CS(=O)(=O)C2)c1. The molecule has 1 unspecified atom stereocenters. The Bertz CT molecular complexity index is 830. The highest BCUT2D eigenvalue weighted by molar-refractivity contribution is 7.94. The van der Waals surface area contributed by atoms with Crippen molar-refractivity contribution in [2.45, 2.75) is 10.9 Å². The van der Waals surface area contributed by atoms with Crippen LogP contribution in [-0.2, 0) is 19.9 Å². The number of carbonyl (C=O) groups excluding carboxylic acids is 1. The summed E-state index contributed by atoms with van der Waals surface area (Å²) >= 11 is 0. The van der Waals surface area contributed by atoms with Crippen molar-refractivity contribution < 1.29 is 26.0 Å². The lowest BCUT2D eigenvalue weighted by molar-refractivity contribution is 0.0947. The molecule has 0 bridgehead atoms. The first kappa shape index (κ1) is 15.6. The smallest absolute Gasteiger partial charge is 0.251 e. The number of primary sulfonamides is 1. The van der Waals surface area contributed by atoms with E-state index in [4.69, 9.17) is 5.14 Å². The topological polar surface area (TPSA) is 123 Å². The Labute approximate surface area is 120 Å². The second kappa shape index (κ2) is 5.20. The van der Waals surface area contributed by atoms with Gasteiger partial charge in [0.15, 0.2) is 9.84 Å². The first-order chi connectivity index (χ1) is 9.57. The van der Waals surface area contributed by atoms with Gasteiger partial charge in [-0.15, -0.1) is 0 Å². The number of sulfonamides is 1. The van der Waals surface area contributed by atoms with Gasteiger partial charge < -0.3 is 5.32 Å². The number of nitrogens with one attached hydrogen (secondary N) is 1. The summed E-state index contributed by atoms with van der Waals surface area (Å²) < 4.78 is 58.1. The molecule has 0 aliphatic carbocycles. The number of benzene rings is 1. The van der Waals surface area contributed by atoms with E-state index in [1.165, 1.54) is 6.08 Å². The minimum absolute atomic E-state index is 0.267. The van der Waals surface area contributed by atoms with Crippen LogP contribution in [0.5, 0.6) is 0 Å². The standard InChI is InChI=1S/C11H11FN2O5S2/c12-8-3-7(4-10(5-8)21(13,18)19)11(15)14-9-1-2-20(16,17)6-9/h1-5,9H,6H2,(H,14,15)(H2,13,18,19). The van der Waals surface area contributed by atoms with Crippen molar-refractivity contribution in [1.29, 1.82) is 0 Å². The third kappa shape index (κ3) is 3.86. The fraction of sp³-hybridized carbons (Fsp3) is 0.182. The van der Waals surface area contributed by atoms with Crippen LogP contribution in [0.1, 0.15) is 10.4 Å². The normalized spacial score (nSPS) is 20.4. The molecule has 1 aliphatic heterocycles. The van der Waals surface area contributed by atoms with Crippen LogP contribution in [0.3, 0.4) is 0 Å². The summed E-state index contributed by atoms with van der Waals surface area (Å²) in [6, 6.07) is 1.69. The summed E-state index contributed by atoms with van der Waals surface area (Å²) in [6.45, 7) is 0. The molecule has 1 aromatic rings. The molecule has 1 heterocycles. The van der Waals surface area contributed by atoms with E-state index in [2.05, 4.69) is 5.32 Å². The molecule has 0 saturated carbocycles. The third-order valence-electron chi connectivity index (χ3n) is 2.71. The zero-order chi connectivity index (χ0) is 15.8. The number of hydrogen-bond donors (Lipinski definition) is 2. The maximum atomic E-state index is 13.3. The van der Waals surface area contributed by atoms with Gasteiger partial charge in [0.1, 0.15) is 5.82 Å². The van der Waals surface area contributed by atoms with Crippen molar-refractivity contribution in [1.82, 2.24) is 5.32 Å². The highest BCUT2D eigenvalue weighted by atomic mass is 32.2. The molecular weight excluding hydrogens is 323 g/mol. The van der Waals surface area contributed by atoms with Gasteiger partial charge in [-0.3, -0.25) is 4.79 Å². The highest BCUT2D eigenvalue weighted by Crippen LogP contribution is 2.14. The lowest BCUT2D eigenvalue weighted by Gasteiger charge is -2.10. The number of rotatable bonds is 3. The molecule has 10 heteroatoms. The molecule has 0 radical (unpaired) electrons. The second-order valence-electron chi connectivity index (χ2n) is 4.46. The number of carbonyl (C=O) groups is 1. The zero-order valence-electron chi connectivity index (χ0n) is 10.5. The van der Waals surface area contributed by atoms with Crippen LogP contribution in [0.25, 0.3) is 0 Å². The first-order valence-electron chi connectivity index (χ1n) is 5.62. The van der Waals surface area contributed by atoms with Gasteiger partial charge in [0, 0.05) is 11.0 Å². The number of nitrogens with two attached hydrogens (primary N) is 1. The predicted molar refractivity (Wildman–Crippen MR) is 72.0 cm³/mol. The molecule has 2 rings (SSSR count). The quantitative estimate of drug-likeness (QED) is 0.772. The molecule has 114 valence electrons. The first-order valence-corrected chi connectivity index (χ1v) is 8.88. The number of hydrogen-bond acceptors (Lipinski definition) is 5. The Morgan fingerprint density at radius 2 is 2.00 bits per heavy atom. The number of amides is 1. The van der Waals surface area contributed by atoms with E-state index in [0.29, 0.717) is 6.07 Å². The second-order valence-corrected chi connectivity index (χ2v) is 7.95. The van der Waals surface area contributed by atoms with Crippen molar-refractivity contribution in [3.63, 3.8) is 0 Å². The van der Waals surface area contributed by atoms with E-state index < -0.39 is 42.5 Å². The minimum atomic E-state index is -4.16. The fourth-order valence-corrected chi connectivity index (χ4v) is 3.58. The van der Waals surface area contributed by atoms with Crippen LogP contribution in [0.4, 0.5) is 4.39 Å². The summed E-state index contributed by atoms with van der Waals surface area (Å²) in [6.07, 6.45) is 1.28. The molecule has 0 fully saturated rings.